The lowest BCUT2D eigenvalue weighted by molar-refractivity contribution is -0.116. The van der Waals surface area contributed by atoms with Crippen molar-refractivity contribution < 1.29 is 4.79 Å². The minimum atomic E-state index is -0.152. The highest BCUT2D eigenvalue weighted by molar-refractivity contribution is 6.32. The topological polar surface area (TPSA) is 68.0 Å². The van der Waals surface area contributed by atoms with E-state index in [0.717, 1.165) is 6.42 Å². The van der Waals surface area contributed by atoms with Crippen LogP contribution in [0.5, 0.6) is 0 Å². The molecule has 0 fully saturated rings. The fourth-order valence-corrected chi connectivity index (χ4v) is 1.94. The molecule has 4 nitrogen and oxygen atoms in total. The number of nitrogens with one attached hydrogen (secondary N) is 1. The van der Waals surface area contributed by atoms with Crippen LogP contribution in [0.4, 0.5) is 5.69 Å². The fraction of sp³-hybridized carbons (Fsp3) is 0.538. The molecule has 1 rings (SSSR count). The Balaban J connectivity index is 2.50. The number of rotatable bonds is 4. The zero-order valence-corrected chi connectivity index (χ0v) is 11.8. The van der Waals surface area contributed by atoms with Crippen LogP contribution in [0.25, 0.3) is 0 Å². The molecule has 0 bridgehead atoms. The first-order valence-electron chi connectivity index (χ1n) is 5.94. The zero-order chi connectivity index (χ0) is 13.8. The van der Waals surface area contributed by atoms with Crippen molar-refractivity contribution in [1.82, 2.24) is 4.98 Å². The van der Waals surface area contributed by atoms with Crippen LogP contribution < -0.4 is 11.1 Å². The molecule has 5 heteroatoms. The number of pyridine rings is 1. The first-order valence-corrected chi connectivity index (χ1v) is 6.32. The molecule has 1 aromatic rings. The molecular formula is C13H20ClN3O. The monoisotopic (exact) mass is 269 g/mol. The second-order valence-corrected chi connectivity index (χ2v) is 5.98. The molecule has 100 valence electrons. The highest BCUT2D eigenvalue weighted by Gasteiger charge is 2.18. The third-order valence-electron chi connectivity index (χ3n) is 2.36. The van der Waals surface area contributed by atoms with Gasteiger partial charge in [-0.05, 0) is 24.0 Å². The Hall–Kier alpha value is -1.13. The van der Waals surface area contributed by atoms with Gasteiger partial charge in [0.2, 0.25) is 5.91 Å². The van der Waals surface area contributed by atoms with E-state index in [1.165, 1.54) is 0 Å². The van der Waals surface area contributed by atoms with E-state index >= 15 is 0 Å². The Morgan fingerprint density at radius 3 is 2.78 bits per heavy atom. The summed E-state index contributed by atoms with van der Waals surface area (Å²) in [6.45, 7) is 6.30. The van der Waals surface area contributed by atoms with Crippen LogP contribution in [0.15, 0.2) is 18.3 Å². The van der Waals surface area contributed by atoms with E-state index in [9.17, 15) is 4.79 Å². The van der Waals surface area contributed by atoms with Gasteiger partial charge in [-0.3, -0.25) is 4.79 Å². The van der Waals surface area contributed by atoms with Crippen LogP contribution in [-0.2, 0) is 4.79 Å². The van der Waals surface area contributed by atoms with E-state index in [1.54, 1.807) is 18.3 Å². The number of halogens is 1. The minimum absolute atomic E-state index is 0.117. The van der Waals surface area contributed by atoms with Gasteiger partial charge in [-0.2, -0.15) is 0 Å². The van der Waals surface area contributed by atoms with Crippen molar-refractivity contribution in [2.24, 2.45) is 11.1 Å². The third kappa shape index (κ3) is 5.47. The van der Waals surface area contributed by atoms with Crippen LogP contribution >= 0.6 is 11.6 Å². The minimum Gasteiger partial charge on any atom is -0.327 e. The van der Waals surface area contributed by atoms with E-state index in [-0.39, 0.29) is 28.9 Å². The van der Waals surface area contributed by atoms with Crippen molar-refractivity contribution in [3.05, 3.63) is 23.5 Å². The average Bonchev–Trinajstić information content (AvgIpc) is 2.18. The summed E-state index contributed by atoms with van der Waals surface area (Å²) in [5.74, 6) is -0.137. The van der Waals surface area contributed by atoms with Gasteiger partial charge in [-0.25, -0.2) is 4.98 Å². The number of hydrogen-bond donors (Lipinski definition) is 2. The smallest absolute Gasteiger partial charge is 0.226 e. The molecule has 1 heterocycles. The summed E-state index contributed by atoms with van der Waals surface area (Å²) in [6, 6.07) is 3.28. The van der Waals surface area contributed by atoms with Gasteiger partial charge in [0, 0.05) is 18.7 Å². The normalized spacial score (nSPS) is 13.2. The maximum atomic E-state index is 11.8. The van der Waals surface area contributed by atoms with E-state index < -0.39 is 0 Å². The standard InChI is InChI=1S/C13H20ClN3O/c1-13(2,3)8-9(15)7-11(18)17-10-5-4-6-16-12(10)14/h4-6,9H,7-8,15H2,1-3H3,(H,17,18). The molecule has 0 aromatic carbocycles. The molecule has 1 unspecified atom stereocenters. The Labute approximate surface area is 113 Å². The molecule has 1 atom stereocenters. The van der Waals surface area contributed by atoms with Crippen LogP contribution in [0.3, 0.4) is 0 Å². The second-order valence-electron chi connectivity index (χ2n) is 5.62. The Morgan fingerprint density at radius 2 is 2.22 bits per heavy atom. The summed E-state index contributed by atoms with van der Waals surface area (Å²) in [5, 5.41) is 3.00. The molecule has 3 N–H and O–H groups in total. The first-order chi connectivity index (χ1) is 8.28. The number of nitrogens with zero attached hydrogens (tertiary/aromatic N) is 1. The molecule has 0 radical (unpaired) electrons. The molecular weight excluding hydrogens is 250 g/mol. The summed E-state index contributed by atoms with van der Waals surface area (Å²) >= 11 is 5.85. The average molecular weight is 270 g/mol. The van der Waals surface area contributed by atoms with Crippen LogP contribution in [-0.4, -0.2) is 16.9 Å². The zero-order valence-electron chi connectivity index (χ0n) is 11.0. The van der Waals surface area contributed by atoms with Crippen LogP contribution in [0.2, 0.25) is 5.15 Å². The van der Waals surface area contributed by atoms with Gasteiger partial charge in [-0.15, -0.1) is 0 Å². The number of aromatic nitrogens is 1. The molecule has 0 aliphatic heterocycles. The van der Waals surface area contributed by atoms with Gasteiger partial charge in [0.25, 0.3) is 0 Å². The highest BCUT2D eigenvalue weighted by Crippen LogP contribution is 2.22. The summed E-state index contributed by atoms with van der Waals surface area (Å²) in [4.78, 5) is 15.7. The predicted octanol–water partition coefficient (Wildman–Crippen LogP) is 2.83. The van der Waals surface area contributed by atoms with Gasteiger partial charge in [-0.1, -0.05) is 32.4 Å². The van der Waals surface area contributed by atoms with E-state index in [2.05, 4.69) is 31.1 Å². The first kappa shape index (κ1) is 14.9. The van der Waals surface area contributed by atoms with Crippen molar-refractivity contribution >= 4 is 23.2 Å². The third-order valence-corrected chi connectivity index (χ3v) is 2.66. The number of amides is 1. The SMILES string of the molecule is CC(C)(C)CC(N)CC(=O)Nc1cccnc1Cl. The molecule has 0 saturated heterocycles. The molecule has 1 amide bonds. The number of carbonyl (C=O) groups excluding carboxylic acids is 1. The van der Waals surface area contributed by atoms with Gasteiger partial charge in [0.15, 0.2) is 5.15 Å². The molecule has 18 heavy (non-hydrogen) atoms. The summed E-state index contributed by atoms with van der Waals surface area (Å²) < 4.78 is 0. The molecule has 1 aromatic heterocycles. The van der Waals surface area contributed by atoms with E-state index in [1.807, 2.05) is 0 Å². The Morgan fingerprint density at radius 1 is 1.56 bits per heavy atom. The second kappa shape index (κ2) is 6.16. The van der Waals surface area contributed by atoms with Crippen molar-refractivity contribution in [2.45, 2.75) is 39.7 Å². The number of anilines is 1. The molecule has 0 saturated carbocycles. The van der Waals surface area contributed by atoms with Crippen LogP contribution in [0.1, 0.15) is 33.6 Å². The van der Waals surface area contributed by atoms with E-state index in [4.69, 9.17) is 17.3 Å². The van der Waals surface area contributed by atoms with Crippen molar-refractivity contribution in [3.63, 3.8) is 0 Å². The summed E-state index contributed by atoms with van der Waals surface area (Å²) in [7, 11) is 0. The molecule has 0 aliphatic rings. The number of nitrogens with two attached hydrogens (primary N) is 1. The van der Waals surface area contributed by atoms with Gasteiger partial charge in [0.1, 0.15) is 0 Å². The summed E-state index contributed by atoms with van der Waals surface area (Å²) in [5.41, 5.74) is 6.58. The fourth-order valence-electron chi connectivity index (χ4n) is 1.78. The lowest BCUT2D eigenvalue weighted by Gasteiger charge is -2.22. The summed E-state index contributed by atoms with van der Waals surface area (Å²) in [6.07, 6.45) is 2.65. The van der Waals surface area contributed by atoms with Gasteiger partial charge in [0.05, 0.1) is 5.69 Å². The molecule has 0 spiro atoms. The van der Waals surface area contributed by atoms with Crippen LogP contribution in [0, 0.1) is 5.41 Å². The lowest BCUT2D eigenvalue weighted by atomic mass is 9.87. The Kier molecular flexibility index (Phi) is 5.11. The molecule has 0 aliphatic carbocycles. The van der Waals surface area contributed by atoms with E-state index in [0.29, 0.717) is 5.69 Å². The van der Waals surface area contributed by atoms with Crippen molar-refractivity contribution in [1.29, 1.82) is 0 Å². The number of carbonyl (C=O) groups is 1. The maximum absolute atomic E-state index is 11.8. The highest BCUT2D eigenvalue weighted by atomic mass is 35.5. The maximum Gasteiger partial charge on any atom is 0.226 e. The quantitative estimate of drug-likeness (QED) is 0.826. The van der Waals surface area contributed by atoms with Crippen molar-refractivity contribution in [3.8, 4) is 0 Å². The number of hydrogen-bond acceptors (Lipinski definition) is 3. The van der Waals surface area contributed by atoms with Gasteiger partial charge >= 0.3 is 0 Å². The Bertz CT molecular complexity index is 415. The lowest BCUT2D eigenvalue weighted by Crippen LogP contribution is -2.31. The predicted molar refractivity (Wildman–Crippen MR) is 74.5 cm³/mol. The van der Waals surface area contributed by atoms with Gasteiger partial charge < -0.3 is 11.1 Å². The van der Waals surface area contributed by atoms with Crippen molar-refractivity contribution in [2.75, 3.05) is 5.32 Å². The largest absolute Gasteiger partial charge is 0.327 e.